The fraction of sp³-hybridized carbons (Fsp3) is 0.222. The minimum absolute atomic E-state index is 0.0587. The molecule has 0 aliphatic rings. The molecule has 0 aliphatic heterocycles. The van der Waals surface area contributed by atoms with Crippen LogP contribution in [0.15, 0.2) is 48.5 Å². The maximum atomic E-state index is 12.3. The van der Waals surface area contributed by atoms with Crippen molar-refractivity contribution in [2.75, 3.05) is 23.9 Å². The van der Waals surface area contributed by atoms with Crippen molar-refractivity contribution in [3.63, 3.8) is 0 Å². The van der Waals surface area contributed by atoms with E-state index in [0.717, 1.165) is 5.56 Å². The van der Waals surface area contributed by atoms with Gasteiger partial charge in [-0.2, -0.15) is 0 Å². The van der Waals surface area contributed by atoms with Gasteiger partial charge in [0.15, 0.2) is 0 Å². The van der Waals surface area contributed by atoms with Crippen molar-refractivity contribution >= 4 is 23.2 Å². The molecule has 120 valence electrons. The number of nitrogens with one attached hydrogen (secondary N) is 1. The highest BCUT2D eigenvalue weighted by Gasteiger charge is 2.16. The zero-order valence-corrected chi connectivity index (χ0v) is 13.5. The average Bonchev–Trinajstić information content (AvgIpc) is 2.53. The van der Waals surface area contributed by atoms with Gasteiger partial charge >= 0.3 is 0 Å². The van der Waals surface area contributed by atoms with E-state index in [1.165, 1.54) is 11.8 Å². The van der Waals surface area contributed by atoms with Crippen LogP contribution in [0.3, 0.4) is 0 Å². The van der Waals surface area contributed by atoms with Gasteiger partial charge in [0, 0.05) is 12.6 Å². The number of aryl methyl sites for hydroxylation is 1. The number of rotatable bonds is 5. The van der Waals surface area contributed by atoms with E-state index in [1.807, 2.05) is 37.3 Å². The Morgan fingerprint density at radius 3 is 2.52 bits per heavy atom. The summed E-state index contributed by atoms with van der Waals surface area (Å²) < 4.78 is 5.20. The van der Waals surface area contributed by atoms with Crippen LogP contribution in [0, 0.1) is 6.92 Å². The van der Waals surface area contributed by atoms with Gasteiger partial charge in [-0.1, -0.05) is 24.3 Å². The van der Waals surface area contributed by atoms with Crippen molar-refractivity contribution < 1.29 is 14.3 Å². The summed E-state index contributed by atoms with van der Waals surface area (Å²) in [5, 5.41) is 2.77. The van der Waals surface area contributed by atoms with Crippen LogP contribution >= 0.6 is 0 Å². The fourth-order valence-electron chi connectivity index (χ4n) is 2.26. The van der Waals surface area contributed by atoms with Gasteiger partial charge in [-0.15, -0.1) is 0 Å². The predicted molar refractivity (Wildman–Crippen MR) is 90.8 cm³/mol. The van der Waals surface area contributed by atoms with Crippen molar-refractivity contribution in [3.8, 4) is 5.75 Å². The smallest absolute Gasteiger partial charge is 0.244 e. The number of nitrogens with zero attached hydrogens (tertiary/aromatic N) is 1. The summed E-state index contributed by atoms with van der Waals surface area (Å²) in [6.45, 7) is 3.33. The largest absolute Gasteiger partial charge is 0.495 e. The van der Waals surface area contributed by atoms with Crippen LogP contribution in [0.5, 0.6) is 5.75 Å². The molecule has 0 aliphatic carbocycles. The summed E-state index contributed by atoms with van der Waals surface area (Å²) in [7, 11) is 1.54. The van der Waals surface area contributed by atoms with Crippen LogP contribution in [0.1, 0.15) is 12.5 Å². The predicted octanol–water partition coefficient (Wildman–Crippen LogP) is 3.00. The summed E-state index contributed by atoms with van der Waals surface area (Å²) in [5.41, 5.74) is 2.30. The SMILES string of the molecule is COc1ccccc1NC(=O)CN(C(C)=O)c1cccc(C)c1. The summed E-state index contributed by atoms with van der Waals surface area (Å²) in [6.07, 6.45) is 0. The normalized spacial score (nSPS) is 10.0. The molecule has 5 heteroatoms. The van der Waals surface area contributed by atoms with E-state index in [0.29, 0.717) is 17.1 Å². The van der Waals surface area contributed by atoms with E-state index in [4.69, 9.17) is 4.74 Å². The molecule has 0 bridgehead atoms. The Bertz CT molecular complexity index is 713. The number of methoxy groups -OCH3 is 1. The molecule has 0 aromatic heterocycles. The van der Waals surface area contributed by atoms with Crippen molar-refractivity contribution in [2.24, 2.45) is 0 Å². The number of carbonyl (C=O) groups excluding carboxylic acids is 2. The highest BCUT2D eigenvalue weighted by molar-refractivity contribution is 6.02. The lowest BCUT2D eigenvalue weighted by Crippen LogP contribution is -2.36. The highest BCUT2D eigenvalue weighted by Crippen LogP contribution is 2.23. The quantitative estimate of drug-likeness (QED) is 0.923. The maximum absolute atomic E-state index is 12.3. The van der Waals surface area contributed by atoms with Gasteiger partial charge in [-0.3, -0.25) is 9.59 Å². The van der Waals surface area contributed by atoms with E-state index in [9.17, 15) is 9.59 Å². The van der Waals surface area contributed by atoms with E-state index < -0.39 is 0 Å². The van der Waals surface area contributed by atoms with Crippen LogP contribution < -0.4 is 15.0 Å². The second-order valence-electron chi connectivity index (χ2n) is 5.19. The van der Waals surface area contributed by atoms with Gasteiger partial charge in [-0.25, -0.2) is 0 Å². The molecule has 0 saturated carbocycles. The first-order valence-corrected chi connectivity index (χ1v) is 7.29. The number of ether oxygens (including phenoxy) is 1. The van der Waals surface area contributed by atoms with Crippen LogP contribution in [0.4, 0.5) is 11.4 Å². The van der Waals surface area contributed by atoms with Crippen LogP contribution in [-0.2, 0) is 9.59 Å². The first kappa shape index (κ1) is 16.5. The molecule has 0 heterocycles. The zero-order chi connectivity index (χ0) is 16.8. The number of amides is 2. The molecule has 2 aromatic carbocycles. The molecular weight excluding hydrogens is 292 g/mol. The number of para-hydroxylation sites is 2. The topological polar surface area (TPSA) is 58.6 Å². The molecule has 0 unspecified atom stereocenters. The molecule has 2 amide bonds. The average molecular weight is 312 g/mol. The van der Waals surface area contributed by atoms with Crippen molar-refractivity contribution in [1.82, 2.24) is 0 Å². The number of hydrogen-bond donors (Lipinski definition) is 1. The third kappa shape index (κ3) is 4.32. The first-order valence-electron chi connectivity index (χ1n) is 7.29. The number of hydrogen-bond acceptors (Lipinski definition) is 3. The molecule has 2 aromatic rings. The summed E-state index contributed by atoms with van der Waals surface area (Å²) in [5.74, 6) is 0.0998. The Morgan fingerprint density at radius 1 is 1.13 bits per heavy atom. The molecule has 23 heavy (non-hydrogen) atoms. The molecule has 0 spiro atoms. The second-order valence-corrected chi connectivity index (χ2v) is 5.19. The lowest BCUT2D eigenvalue weighted by Gasteiger charge is -2.21. The molecule has 0 fully saturated rings. The van der Waals surface area contributed by atoms with Gasteiger partial charge in [0.25, 0.3) is 0 Å². The molecule has 0 saturated heterocycles. The number of anilines is 2. The molecule has 5 nitrogen and oxygen atoms in total. The maximum Gasteiger partial charge on any atom is 0.244 e. The van der Waals surface area contributed by atoms with E-state index in [1.54, 1.807) is 25.3 Å². The molecule has 2 rings (SSSR count). The second kappa shape index (κ2) is 7.45. The van der Waals surface area contributed by atoms with Gasteiger partial charge in [-0.05, 0) is 36.8 Å². The Kier molecular flexibility index (Phi) is 5.36. The molecule has 1 N–H and O–H groups in total. The molecule has 0 atom stereocenters. The lowest BCUT2D eigenvalue weighted by atomic mass is 10.2. The van der Waals surface area contributed by atoms with Crippen molar-refractivity contribution in [2.45, 2.75) is 13.8 Å². The zero-order valence-electron chi connectivity index (χ0n) is 13.5. The summed E-state index contributed by atoms with van der Waals surface area (Å²) in [6, 6.07) is 14.6. The van der Waals surface area contributed by atoms with Crippen molar-refractivity contribution in [3.05, 3.63) is 54.1 Å². The van der Waals surface area contributed by atoms with Crippen LogP contribution in [0.2, 0.25) is 0 Å². The van der Waals surface area contributed by atoms with Gasteiger partial charge in [0.2, 0.25) is 11.8 Å². The minimum Gasteiger partial charge on any atom is -0.495 e. The Hall–Kier alpha value is -2.82. The van der Waals surface area contributed by atoms with Crippen molar-refractivity contribution in [1.29, 1.82) is 0 Å². The lowest BCUT2D eigenvalue weighted by molar-refractivity contribution is -0.120. The standard InChI is InChI=1S/C18H20N2O3/c1-13-7-6-8-15(11-13)20(14(2)21)12-18(22)19-16-9-4-5-10-17(16)23-3/h4-11H,12H2,1-3H3,(H,19,22). The number of carbonyl (C=O) groups is 2. The summed E-state index contributed by atoms with van der Waals surface area (Å²) in [4.78, 5) is 25.6. The monoisotopic (exact) mass is 312 g/mol. The van der Waals surface area contributed by atoms with Gasteiger partial charge in [0.1, 0.15) is 12.3 Å². The third-order valence-electron chi connectivity index (χ3n) is 3.38. The first-order chi connectivity index (χ1) is 11.0. The number of benzene rings is 2. The van der Waals surface area contributed by atoms with Gasteiger partial charge < -0.3 is 15.0 Å². The Balaban J connectivity index is 2.14. The molecular formula is C18H20N2O3. The Morgan fingerprint density at radius 2 is 1.87 bits per heavy atom. The molecule has 0 radical (unpaired) electrons. The van der Waals surface area contributed by atoms with Crippen LogP contribution in [0.25, 0.3) is 0 Å². The third-order valence-corrected chi connectivity index (χ3v) is 3.38. The highest BCUT2D eigenvalue weighted by atomic mass is 16.5. The minimum atomic E-state index is -0.286. The van der Waals surface area contributed by atoms with E-state index in [2.05, 4.69) is 5.32 Å². The fourth-order valence-corrected chi connectivity index (χ4v) is 2.26. The van der Waals surface area contributed by atoms with E-state index in [-0.39, 0.29) is 18.4 Å². The van der Waals surface area contributed by atoms with Crippen LogP contribution in [-0.4, -0.2) is 25.5 Å². The van der Waals surface area contributed by atoms with E-state index >= 15 is 0 Å². The summed E-state index contributed by atoms with van der Waals surface area (Å²) >= 11 is 0. The Labute approximate surface area is 135 Å². The van der Waals surface area contributed by atoms with Gasteiger partial charge in [0.05, 0.1) is 12.8 Å².